The van der Waals surface area contributed by atoms with Gasteiger partial charge in [-0.05, 0) is 45.6 Å². The average molecular weight is 284 g/mol. The van der Waals surface area contributed by atoms with Crippen molar-refractivity contribution < 1.29 is 14.2 Å². The molecule has 4 nitrogen and oxygen atoms in total. The van der Waals surface area contributed by atoms with Gasteiger partial charge in [-0.25, -0.2) is 4.39 Å². The third-order valence-corrected chi connectivity index (χ3v) is 3.12. The monoisotopic (exact) mass is 284 g/mol. The van der Waals surface area contributed by atoms with Gasteiger partial charge in [0.15, 0.2) is 11.6 Å². The molecule has 0 aliphatic heterocycles. The Bertz CT molecular complexity index is 436. The van der Waals surface area contributed by atoms with Crippen LogP contribution in [0.4, 0.5) is 4.39 Å². The van der Waals surface area contributed by atoms with Crippen LogP contribution in [0.1, 0.15) is 25.5 Å². The summed E-state index contributed by atoms with van der Waals surface area (Å²) in [4.78, 5) is 1.93. The highest BCUT2D eigenvalue weighted by atomic mass is 19.1. The highest BCUT2D eigenvalue weighted by Gasteiger charge is 2.22. The van der Waals surface area contributed by atoms with Gasteiger partial charge in [0, 0.05) is 19.1 Å². The third kappa shape index (κ3) is 5.07. The Labute approximate surface area is 120 Å². The number of hydrogen-bond acceptors (Lipinski definition) is 4. The van der Waals surface area contributed by atoms with Crippen molar-refractivity contribution in [2.24, 2.45) is 0 Å². The van der Waals surface area contributed by atoms with Crippen molar-refractivity contribution in [1.82, 2.24) is 10.2 Å². The average Bonchev–Trinajstić information content (AvgIpc) is 2.34. The lowest BCUT2D eigenvalue weighted by molar-refractivity contribution is 0.0317. The van der Waals surface area contributed by atoms with E-state index in [-0.39, 0.29) is 17.6 Å². The van der Waals surface area contributed by atoms with E-state index >= 15 is 0 Å². The summed E-state index contributed by atoms with van der Waals surface area (Å²) in [6.45, 7) is 4.71. The lowest BCUT2D eigenvalue weighted by Crippen LogP contribution is -2.46. The summed E-state index contributed by atoms with van der Waals surface area (Å²) in [5.74, 6) is -0.140. The van der Waals surface area contributed by atoms with Crippen molar-refractivity contribution in [3.8, 4) is 5.75 Å². The Morgan fingerprint density at radius 1 is 1.45 bits per heavy atom. The molecule has 0 radical (unpaired) electrons. The molecule has 2 N–H and O–H groups in total. The lowest BCUT2D eigenvalue weighted by Gasteiger charge is -2.29. The summed E-state index contributed by atoms with van der Waals surface area (Å²) < 4.78 is 18.5. The van der Waals surface area contributed by atoms with E-state index in [1.54, 1.807) is 13.0 Å². The molecule has 0 aliphatic carbocycles. The molecule has 0 aromatic heterocycles. The fourth-order valence-corrected chi connectivity index (χ4v) is 2.18. The Morgan fingerprint density at radius 3 is 2.60 bits per heavy atom. The molecule has 0 aliphatic rings. The maximum Gasteiger partial charge on any atom is 0.165 e. The molecule has 5 heteroatoms. The zero-order chi connectivity index (χ0) is 15.3. The minimum atomic E-state index is -0.831. The number of aliphatic hydroxyl groups is 1. The SMILES string of the molecule is COc1ccc(C(C)NCC(C)(O)CN(C)C)cc1F. The minimum Gasteiger partial charge on any atom is -0.494 e. The van der Waals surface area contributed by atoms with Gasteiger partial charge < -0.3 is 20.1 Å². The van der Waals surface area contributed by atoms with Crippen LogP contribution < -0.4 is 10.1 Å². The zero-order valence-corrected chi connectivity index (χ0v) is 12.9. The molecule has 0 amide bonds. The molecule has 0 spiro atoms. The molecule has 2 unspecified atom stereocenters. The van der Waals surface area contributed by atoms with Crippen molar-refractivity contribution in [3.63, 3.8) is 0 Å². The van der Waals surface area contributed by atoms with Gasteiger partial charge in [0.1, 0.15) is 0 Å². The van der Waals surface area contributed by atoms with Gasteiger partial charge in [-0.3, -0.25) is 0 Å². The number of benzene rings is 1. The van der Waals surface area contributed by atoms with Crippen LogP contribution >= 0.6 is 0 Å². The maximum absolute atomic E-state index is 13.6. The molecular formula is C15H25FN2O2. The Hall–Kier alpha value is -1.17. The highest BCUT2D eigenvalue weighted by Crippen LogP contribution is 2.22. The number of ether oxygens (including phenoxy) is 1. The summed E-state index contributed by atoms with van der Waals surface area (Å²) in [6.07, 6.45) is 0. The molecule has 0 bridgehead atoms. The number of likely N-dealkylation sites (N-methyl/N-ethyl adjacent to an activating group) is 1. The summed E-state index contributed by atoms with van der Waals surface area (Å²) >= 11 is 0. The molecular weight excluding hydrogens is 259 g/mol. The molecule has 20 heavy (non-hydrogen) atoms. The Balaban J connectivity index is 2.63. The van der Waals surface area contributed by atoms with Crippen molar-refractivity contribution in [1.29, 1.82) is 0 Å². The first kappa shape index (κ1) is 16.9. The van der Waals surface area contributed by atoms with Gasteiger partial charge in [-0.15, -0.1) is 0 Å². The Kier molecular flexibility index (Phi) is 5.92. The number of hydrogen-bond donors (Lipinski definition) is 2. The van der Waals surface area contributed by atoms with Crippen LogP contribution in [0.15, 0.2) is 18.2 Å². The highest BCUT2D eigenvalue weighted by molar-refractivity contribution is 5.30. The number of halogens is 1. The first-order valence-electron chi connectivity index (χ1n) is 6.69. The van der Waals surface area contributed by atoms with Crippen molar-refractivity contribution in [2.45, 2.75) is 25.5 Å². The number of nitrogens with zero attached hydrogens (tertiary/aromatic N) is 1. The lowest BCUT2D eigenvalue weighted by atomic mass is 10.0. The van der Waals surface area contributed by atoms with Gasteiger partial charge in [-0.2, -0.15) is 0 Å². The van der Waals surface area contributed by atoms with E-state index in [1.807, 2.05) is 32.0 Å². The quantitative estimate of drug-likeness (QED) is 0.801. The summed E-state index contributed by atoms with van der Waals surface area (Å²) in [7, 11) is 5.27. The van der Waals surface area contributed by atoms with Crippen LogP contribution in [0, 0.1) is 5.82 Å². The van der Waals surface area contributed by atoms with E-state index in [4.69, 9.17) is 4.74 Å². The van der Waals surface area contributed by atoms with Crippen molar-refractivity contribution in [3.05, 3.63) is 29.6 Å². The predicted molar refractivity (Wildman–Crippen MR) is 78.5 cm³/mol. The van der Waals surface area contributed by atoms with Crippen LogP contribution in [-0.2, 0) is 0 Å². The van der Waals surface area contributed by atoms with E-state index in [2.05, 4.69) is 5.32 Å². The summed E-state index contributed by atoms with van der Waals surface area (Å²) in [5, 5.41) is 13.4. The van der Waals surface area contributed by atoms with Gasteiger partial charge in [0.2, 0.25) is 0 Å². The number of rotatable bonds is 7. The molecule has 1 aromatic carbocycles. The molecule has 0 saturated heterocycles. The van der Waals surface area contributed by atoms with Gasteiger partial charge in [0.05, 0.1) is 12.7 Å². The van der Waals surface area contributed by atoms with Crippen LogP contribution in [0.3, 0.4) is 0 Å². The normalized spacial score (nSPS) is 16.0. The van der Waals surface area contributed by atoms with Crippen molar-refractivity contribution >= 4 is 0 Å². The van der Waals surface area contributed by atoms with Crippen molar-refractivity contribution in [2.75, 3.05) is 34.3 Å². The molecule has 0 heterocycles. The second kappa shape index (κ2) is 7.02. The topological polar surface area (TPSA) is 44.7 Å². The van der Waals surface area contributed by atoms with E-state index in [0.717, 1.165) is 5.56 Å². The van der Waals surface area contributed by atoms with Crippen LogP contribution in [-0.4, -0.2) is 49.9 Å². The largest absolute Gasteiger partial charge is 0.494 e. The molecule has 0 saturated carbocycles. The molecule has 2 atom stereocenters. The first-order chi connectivity index (χ1) is 9.25. The van der Waals surface area contributed by atoms with E-state index in [1.165, 1.54) is 13.2 Å². The fraction of sp³-hybridized carbons (Fsp3) is 0.600. The zero-order valence-electron chi connectivity index (χ0n) is 12.9. The second-order valence-electron chi connectivity index (χ2n) is 5.73. The van der Waals surface area contributed by atoms with E-state index < -0.39 is 5.60 Å². The predicted octanol–water partition coefficient (Wildman–Crippen LogP) is 1.80. The van der Waals surface area contributed by atoms with E-state index in [9.17, 15) is 9.50 Å². The van der Waals surface area contributed by atoms with E-state index in [0.29, 0.717) is 13.1 Å². The third-order valence-electron chi connectivity index (χ3n) is 3.12. The summed E-state index contributed by atoms with van der Waals surface area (Å²) in [6, 6.07) is 4.84. The number of nitrogens with one attached hydrogen (secondary N) is 1. The van der Waals surface area contributed by atoms with Crippen LogP contribution in [0.2, 0.25) is 0 Å². The fourth-order valence-electron chi connectivity index (χ4n) is 2.18. The molecule has 1 rings (SSSR count). The molecule has 114 valence electrons. The van der Waals surface area contributed by atoms with Crippen LogP contribution in [0.5, 0.6) is 5.75 Å². The smallest absolute Gasteiger partial charge is 0.165 e. The van der Waals surface area contributed by atoms with Gasteiger partial charge >= 0.3 is 0 Å². The second-order valence-corrected chi connectivity index (χ2v) is 5.73. The van der Waals surface area contributed by atoms with Gasteiger partial charge in [-0.1, -0.05) is 6.07 Å². The minimum absolute atomic E-state index is 0.0518. The Morgan fingerprint density at radius 2 is 2.10 bits per heavy atom. The van der Waals surface area contributed by atoms with Crippen LogP contribution in [0.25, 0.3) is 0 Å². The molecule has 1 aromatic rings. The summed E-state index contributed by atoms with van der Waals surface area (Å²) in [5.41, 5.74) is -0.00748. The molecule has 0 fully saturated rings. The maximum atomic E-state index is 13.6. The first-order valence-corrected chi connectivity index (χ1v) is 6.69. The standard InChI is InChI=1S/C15H25FN2O2/c1-11(17-9-15(2,19)10-18(3)4)12-6-7-14(20-5)13(16)8-12/h6-8,11,17,19H,9-10H2,1-5H3. The number of methoxy groups -OCH3 is 1. The van der Waals surface area contributed by atoms with Gasteiger partial charge in [0.25, 0.3) is 0 Å².